The fourth-order valence-corrected chi connectivity index (χ4v) is 3.10. The minimum Gasteiger partial charge on any atom is -0.462 e. The maximum absolute atomic E-state index is 12.3. The summed E-state index contributed by atoms with van der Waals surface area (Å²) in [5, 5.41) is 8.97. The number of aryl methyl sites for hydroxylation is 1. The molecule has 0 atom stereocenters. The smallest absolute Gasteiger partial charge is 0.341 e. The summed E-state index contributed by atoms with van der Waals surface area (Å²) in [4.78, 5) is 12.3. The van der Waals surface area contributed by atoms with Gasteiger partial charge in [0.05, 0.1) is 6.61 Å². The molecule has 4 nitrogen and oxygen atoms in total. The zero-order valence-corrected chi connectivity index (χ0v) is 14.4. The molecule has 2 N–H and O–H groups in total. The van der Waals surface area contributed by atoms with Gasteiger partial charge in [0, 0.05) is 18.0 Å². The molecule has 0 spiro atoms. The molecule has 0 aliphatic carbocycles. The van der Waals surface area contributed by atoms with Gasteiger partial charge in [-0.3, -0.25) is 0 Å². The third-order valence-corrected chi connectivity index (χ3v) is 4.29. The Morgan fingerprint density at radius 3 is 2.59 bits per heavy atom. The fourth-order valence-electron chi connectivity index (χ4n) is 1.97. The van der Waals surface area contributed by atoms with Gasteiger partial charge in [0.15, 0.2) is 5.11 Å². The first-order valence-electron chi connectivity index (χ1n) is 6.91. The summed E-state index contributed by atoms with van der Waals surface area (Å²) in [6.07, 6.45) is 0. The largest absolute Gasteiger partial charge is 0.462 e. The maximum atomic E-state index is 12.3. The number of carbonyl (C=O) groups excluding carboxylic acids is 1. The molecular weight excluding hydrogens is 316 g/mol. The van der Waals surface area contributed by atoms with Crippen LogP contribution in [-0.4, -0.2) is 24.7 Å². The monoisotopic (exact) mass is 334 g/mol. The minimum absolute atomic E-state index is 0.331. The summed E-state index contributed by atoms with van der Waals surface area (Å²) in [7, 11) is 1.73. The van der Waals surface area contributed by atoms with Gasteiger partial charge < -0.3 is 15.4 Å². The number of rotatable bonds is 4. The maximum Gasteiger partial charge on any atom is 0.341 e. The van der Waals surface area contributed by atoms with Crippen LogP contribution in [0.4, 0.5) is 5.00 Å². The number of nitrogens with one attached hydrogen (secondary N) is 2. The van der Waals surface area contributed by atoms with Crippen molar-refractivity contribution < 1.29 is 9.53 Å². The first-order valence-corrected chi connectivity index (χ1v) is 8.20. The second kappa shape index (κ2) is 7.38. The number of esters is 1. The Kier molecular flexibility index (Phi) is 5.51. The molecule has 0 bridgehead atoms. The van der Waals surface area contributed by atoms with Crippen molar-refractivity contribution in [3.05, 3.63) is 40.8 Å². The number of thiocarbonyl (C=S) groups is 1. The summed E-state index contributed by atoms with van der Waals surface area (Å²) in [6.45, 7) is 4.15. The Morgan fingerprint density at radius 1 is 1.32 bits per heavy atom. The molecule has 0 amide bonds. The van der Waals surface area contributed by atoms with Gasteiger partial charge in [-0.15, -0.1) is 11.3 Å². The molecule has 2 rings (SSSR count). The summed E-state index contributed by atoms with van der Waals surface area (Å²) in [6, 6.07) is 8.04. The summed E-state index contributed by atoms with van der Waals surface area (Å²) >= 11 is 6.56. The van der Waals surface area contributed by atoms with Crippen LogP contribution in [-0.2, 0) is 4.74 Å². The van der Waals surface area contributed by atoms with Crippen LogP contribution in [0.25, 0.3) is 11.1 Å². The third kappa shape index (κ3) is 3.64. The molecular formula is C16H18N2O2S2. The second-order valence-corrected chi connectivity index (χ2v) is 5.93. The van der Waals surface area contributed by atoms with E-state index in [4.69, 9.17) is 17.0 Å². The van der Waals surface area contributed by atoms with Gasteiger partial charge in [0.1, 0.15) is 10.6 Å². The summed E-state index contributed by atoms with van der Waals surface area (Å²) in [5.74, 6) is -0.347. The highest BCUT2D eigenvalue weighted by Crippen LogP contribution is 2.36. The van der Waals surface area contributed by atoms with Crippen LogP contribution in [0.2, 0.25) is 0 Å². The Bertz CT molecular complexity index is 678. The van der Waals surface area contributed by atoms with E-state index < -0.39 is 0 Å². The van der Waals surface area contributed by atoms with E-state index in [9.17, 15) is 4.79 Å². The van der Waals surface area contributed by atoms with Gasteiger partial charge in [-0.25, -0.2) is 4.79 Å². The Morgan fingerprint density at radius 2 is 2.00 bits per heavy atom. The normalized spacial score (nSPS) is 10.1. The van der Waals surface area contributed by atoms with Gasteiger partial charge in [-0.2, -0.15) is 0 Å². The predicted octanol–water partition coefficient (Wildman–Crippen LogP) is 3.82. The molecule has 0 saturated heterocycles. The highest BCUT2D eigenvalue weighted by atomic mass is 32.1. The lowest BCUT2D eigenvalue weighted by molar-refractivity contribution is 0.0529. The van der Waals surface area contributed by atoms with Crippen LogP contribution in [0.3, 0.4) is 0 Å². The van der Waals surface area contributed by atoms with Gasteiger partial charge in [0.2, 0.25) is 0 Å². The number of anilines is 1. The molecule has 116 valence electrons. The van der Waals surface area contributed by atoms with Crippen LogP contribution in [0.5, 0.6) is 0 Å². The molecule has 1 aromatic carbocycles. The van der Waals surface area contributed by atoms with Crippen molar-refractivity contribution in [3.8, 4) is 11.1 Å². The minimum atomic E-state index is -0.347. The molecule has 1 heterocycles. The molecule has 0 fully saturated rings. The highest BCUT2D eigenvalue weighted by molar-refractivity contribution is 7.80. The van der Waals surface area contributed by atoms with E-state index >= 15 is 0 Å². The fraction of sp³-hybridized carbons (Fsp3) is 0.250. The van der Waals surface area contributed by atoms with Gasteiger partial charge in [0.25, 0.3) is 0 Å². The van der Waals surface area contributed by atoms with Crippen molar-refractivity contribution >= 4 is 39.6 Å². The number of benzene rings is 1. The third-order valence-electron chi connectivity index (χ3n) is 3.09. The van der Waals surface area contributed by atoms with Crippen molar-refractivity contribution in [2.75, 3.05) is 19.0 Å². The molecule has 2 aromatic rings. The lowest BCUT2D eigenvalue weighted by Crippen LogP contribution is -2.24. The van der Waals surface area contributed by atoms with E-state index in [0.717, 1.165) is 11.1 Å². The Balaban J connectivity index is 2.47. The van der Waals surface area contributed by atoms with Gasteiger partial charge >= 0.3 is 5.97 Å². The first kappa shape index (κ1) is 16.5. The van der Waals surface area contributed by atoms with E-state index in [1.54, 1.807) is 14.0 Å². The SMILES string of the molecule is CCOC(=O)c1c(-c2ccc(C)cc2)csc1NC(=S)NC. The first-order chi connectivity index (χ1) is 10.6. The van der Waals surface area contributed by atoms with Crippen molar-refractivity contribution in [1.29, 1.82) is 0 Å². The second-order valence-electron chi connectivity index (χ2n) is 4.64. The quantitative estimate of drug-likeness (QED) is 0.658. The van der Waals surface area contributed by atoms with E-state index in [2.05, 4.69) is 10.6 Å². The van der Waals surface area contributed by atoms with Crippen LogP contribution in [0, 0.1) is 6.92 Å². The van der Waals surface area contributed by atoms with Gasteiger partial charge in [-0.05, 0) is 31.6 Å². The standard InChI is InChI=1S/C16H18N2O2S2/c1-4-20-15(19)13-12(11-7-5-10(2)6-8-11)9-22-14(13)18-16(21)17-3/h5-9H,4H2,1-3H3,(H2,17,18,21). The zero-order valence-electron chi connectivity index (χ0n) is 12.7. The van der Waals surface area contributed by atoms with E-state index in [1.807, 2.05) is 36.6 Å². The zero-order chi connectivity index (χ0) is 16.1. The molecule has 0 aliphatic heterocycles. The highest BCUT2D eigenvalue weighted by Gasteiger charge is 2.21. The Hall–Kier alpha value is -1.92. The number of ether oxygens (including phenoxy) is 1. The molecule has 0 radical (unpaired) electrons. The summed E-state index contributed by atoms with van der Waals surface area (Å²) < 4.78 is 5.19. The van der Waals surface area contributed by atoms with Gasteiger partial charge in [-0.1, -0.05) is 29.8 Å². The number of hydrogen-bond acceptors (Lipinski definition) is 4. The molecule has 22 heavy (non-hydrogen) atoms. The molecule has 6 heteroatoms. The Labute approximate surface area is 139 Å². The van der Waals surface area contributed by atoms with Crippen LogP contribution < -0.4 is 10.6 Å². The van der Waals surface area contributed by atoms with Crippen LogP contribution in [0.15, 0.2) is 29.6 Å². The van der Waals surface area contributed by atoms with Crippen molar-refractivity contribution in [2.45, 2.75) is 13.8 Å². The van der Waals surface area contributed by atoms with Crippen LogP contribution >= 0.6 is 23.6 Å². The molecule has 0 saturated carbocycles. The number of carbonyl (C=O) groups is 1. The lowest BCUT2D eigenvalue weighted by atomic mass is 10.0. The van der Waals surface area contributed by atoms with Crippen molar-refractivity contribution in [1.82, 2.24) is 5.32 Å². The van der Waals surface area contributed by atoms with Crippen molar-refractivity contribution in [3.63, 3.8) is 0 Å². The summed E-state index contributed by atoms with van der Waals surface area (Å²) in [5.41, 5.74) is 3.53. The number of thiophene rings is 1. The average Bonchev–Trinajstić information content (AvgIpc) is 2.91. The van der Waals surface area contributed by atoms with Crippen LogP contribution in [0.1, 0.15) is 22.8 Å². The molecule has 0 unspecified atom stereocenters. The van der Waals surface area contributed by atoms with E-state index in [0.29, 0.717) is 22.3 Å². The van der Waals surface area contributed by atoms with Crippen molar-refractivity contribution in [2.24, 2.45) is 0 Å². The number of hydrogen-bond donors (Lipinski definition) is 2. The molecule has 1 aromatic heterocycles. The lowest BCUT2D eigenvalue weighted by Gasteiger charge is -2.10. The van der Waals surface area contributed by atoms with E-state index in [-0.39, 0.29) is 5.97 Å². The molecule has 0 aliphatic rings. The topological polar surface area (TPSA) is 50.4 Å². The van der Waals surface area contributed by atoms with E-state index in [1.165, 1.54) is 16.9 Å². The average molecular weight is 334 g/mol. The predicted molar refractivity (Wildman–Crippen MR) is 95.7 cm³/mol.